The molecule has 11 nitrogen and oxygen atoms in total. The van der Waals surface area contributed by atoms with Crippen LogP contribution in [0.4, 0.5) is 28.7 Å². The number of carbonyl (C=O) groups excluding carboxylic acids is 1. The predicted molar refractivity (Wildman–Crippen MR) is 172 cm³/mol. The van der Waals surface area contributed by atoms with Crippen LogP contribution in [0.1, 0.15) is 48.7 Å². The zero-order chi connectivity index (χ0) is 30.7. The molecule has 1 fully saturated rings. The van der Waals surface area contributed by atoms with Gasteiger partial charge in [-0.25, -0.2) is 19.2 Å². The van der Waals surface area contributed by atoms with Gasteiger partial charge in [-0.3, -0.25) is 4.79 Å². The average molecular weight is 604 g/mol. The van der Waals surface area contributed by atoms with E-state index in [0.29, 0.717) is 51.8 Å². The molecule has 226 valence electrons. The van der Waals surface area contributed by atoms with Crippen LogP contribution >= 0.6 is 0 Å². The van der Waals surface area contributed by atoms with Crippen LogP contribution in [-0.2, 0) is 21.1 Å². The lowest BCUT2D eigenvalue weighted by Gasteiger charge is -2.24. The van der Waals surface area contributed by atoms with Crippen LogP contribution < -0.4 is 25.4 Å². The van der Waals surface area contributed by atoms with Crippen LogP contribution in [-0.4, -0.2) is 57.7 Å². The van der Waals surface area contributed by atoms with Crippen LogP contribution in [0.3, 0.4) is 0 Å². The van der Waals surface area contributed by atoms with E-state index in [4.69, 9.17) is 14.5 Å². The number of carbonyl (C=O) groups is 1. The van der Waals surface area contributed by atoms with Gasteiger partial charge >= 0.3 is 0 Å². The second-order valence-electron chi connectivity index (χ2n) is 11.5. The number of anilines is 5. The first kappa shape index (κ1) is 30.2. The van der Waals surface area contributed by atoms with E-state index >= 15 is 0 Å². The van der Waals surface area contributed by atoms with E-state index in [0.717, 1.165) is 30.0 Å². The van der Waals surface area contributed by atoms with Gasteiger partial charge in [-0.05, 0) is 66.3 Å². The minimum atomic E-state index is -1.34. The predicted octanol–water partition coefficient (Wildman–Crippen LogP) is 5.54. The summed E-state index contributed by atoms with van der Waals surface area (Å²) in [6, 6.07) is 13.2. The molecule has 0 radical (unpaired) electrons. The highest BCUT2D eigenvalue weighted by atomic mass is 32.2. The van der Waals surface area contributed by atoms with Gasteiger partial charge in [-0.1, -0.05) is 26.8 Å². The molecule has 0 bridgehead atoms. The molecule has 4 aromatic rings. The third-order valence-corrected chi connectivity index (χ3v) is 7.68. The summed E-state index contributed by atoms with van der Waals surface area (Å²) in [7, 11) is 0.181. The van der Waals surface area contributed by atoms with Crippen molar-refractivity contribution < 1.29 is 18.5 Å². The van der Waals surface area contributed by atoms with Gasteiger partial charge in [0.2, 0.25) is 0 Å². The molecule has 1 saturated heterocycles. The maximum absolute atomic E-state index is 13.6. The number of hydrogen-bond donors (Lipinski definition) is 4. The van der Waals surface area contributed by atoms with Crippen molar-refractivity contribution in [1.82, 2.24) is 15.0 Å². The molecule has 4 N–H and O–H groups in total. The smallest absolute Gasteiger partial charge is 0.255 e. The minimum absolute atomic E-state index is 0.210. The van der Waals surface area contributed by atoms with E-state index in [1.54, 1.807) is 18.4 Å². The maximum Gasteiger partial charge on any atom is 0.255 e. The molecule has 2 unspecified atom stereocenters. The van der Waals surface area contributed by atoms with Crippen LogP contribution in [0, 0.1) is 6.92 Å². The van der Waals surface area contributed by atoms with Gasteiger partial charge in [0, 0.05) is 24.1 Å². The zero-order valence-corrected chi connectivity index (χ0v) is 26.0. The number of amides is 1. The standard InChI is InChI=1S/C31H37N7O4S/c1-18-7-8-19(30(39)36-24-14-20(31(2,3)4)15-25(28(24)41-5)38-43(6)40)13-23(18)35-29-27-22(32-17-33-29)9-10-26(37-27)34-21-11-12-42-16-21/h7-10,13-15,17,21,38H,11-12,16H2,1-6H3,(H,34,37)(H,36,39)(H,32,33,35). The molecule has 1 aliphatic rings. The van der Waals surface area contributed by atoms with Gasteiger partial charge in [0.05, 0.1) is 36.6 Å². The van der Waals surface area contributed by atoms with E-state index < -0.39 is 11.0 Å². The van der Waals surface area contributed by atoms with Crippen LogP contribution in [0.5, 0.6) is 5.75 Å². The number of methoxy groups -OCH3 is 1. The number of benzene rings is 2. The highest BCUT2D eigenvalue weighted by Crippen LogP contribution is 2.39. The fourth-order valence-corrected chi connectivity index (χ4v) is 5.26. The molecule has 1 aliphatic heterocycles. The molecule has 0 saturated carbocycles. The number of pyridine rings is 1. The van der Waals surface area contributed by atoms with E-state index in [1.165, 1.54) is 13.4 Å². The minimum Gasteiger partial charge on any atom is -0.492 e. The number of rotatable bonds is 9. The fraction of sp³-hybridized carbons (Fsp3) is 0.355. The molecule has 2 aromatic carbocycles. The summed E-state index contributed by atoms with van der Waals surface area (Å²) in [6.45, 7) is 9.53. The average Bonchev–Trinajstić information content (AvgIpc) is 3.46. The van der Waals surface area contributed by atoms with Crippen molar-refractivity contribution in [2.45, 2.75) is 45.6 Å². The lowest BCUT2D eigenvalue weighted by atomic mass is 9.86. The molecule has 2 aromatic heterocycles. The molecular formula is C31H37N7O4S. The molecule has 43 heavy (non-hydrogen) atoms. The van der Waals surface area contributed by atoms with Crippen molar-refractivity contribution in [3.05, 3.63) is 65.5 Å². The van der Waals surface area contributed by atoms with Crippen LogP contribution in [0.15, 0.2) is 48.8 Å². The van der Waals surface area contributed by atoms with Crippen molar-refractivity contribution in [2.24, 2.45) is 0 Å². The summed E-state index contributed by atoms with van der Waals surface area (Å²) in [5.74, 6) is 1.32. The van der Waals surface area contributed by atoms with Gasteiger partial charge in [-0.15, -0.1) is 0 Å². The number of nitrogens with zero attached hydrogens (tertiary/aromatic N) is 3. The number of aromatic nitrogens is 3. The van der Waals surface area contributed by atoms with E-state index in [1.807, 2.05) is 37.3 Å². The zero-order valence-electron chi connectivity index (χ0n) is 25.2. The molecule has 12 heteroatoms. The first-order chi connectivity index (χ1) is 20.5. The quantitative estimate of drug-likeness (QED) is 0.194. The van der Waals surface area contributed by atoms with Crippen molar-refractivity contribution in [2.75, 3.05) is 47.3 Å². The van der Waals surface area contributed by atoms with Gasteiger partial charge in [0.15, 0.2) is 11.6 Å². The molecule has 5 rings (SSSR count). The van der Waals surface area contributed by atoms with Crippen molar-refractivity contribution in [1.29, 1.82) is 0 Å². The first-order valence-corrected chi connectivity index (χ1v) is 15.6. The van der Waals surface area contributed by atoms with Crippen LogP contribution in [0.25, 0.3) is 11.0 Å². The molecule has 1 amide bonds. The Morgan fingerprint density at radius 3 is 2.56 bits per heavy atom. The molecule has 0 spiro atoms. The van der Waals surface area contributed by atoms with Crippen molar-refractivity contribution in [3.8, 4) is 5.75 Å². The SMILES string of the molecule is COc1c(NC(=O)c2ccc(C)c(Nc3ncnc4ccc(NC5CCOC5)nc34)c2)cc(C(C)(C)C)cc1NS(C)=O. The molecule has 2 atom stereocenters. The fourth-order valence-electron chi connectivity index (χ4n) is 4.79. The summed E-state index contributed by atoms with van der Waals surface area (Å²) < 4.78 is 26.1. The topological polar surface area (TPSA) is 139 Å². The normalized spacial score (nSPS) is 15.6. The van der Waals surface area contributed by atoms with Crippen molar-refractivity contribution in [3.63, 3.8) is 0 Å². The Morgan fingerprint density at radius 1 is 1.07 bits per heavy atom. The summed E-state index contributed by atoms with van der Waals surface area (Å²) in [5.41, 5.74) is 5.09. The molecule has 3 heterocycles. The Balaban J connectivity index is 1.44. The number of aryl methyl sites for hydroxylation is 1. The third kappa shape index (κ3) is 7.03. The Bertz CT molecular complexity index is 1680. The Hall–Kier alpha value is -4.29. The van der Waals surface area contributed by atoms with Gasteiger partial charge in [0.1, 0.15) is 28.6 Å². The Morgan fingerprint density at radius 2 is 1.86 bits per heavy atom. The first-order valence-electron chi connectivity index (χ1n) is 14.0. The van der Waals surface area contributed by atoms with Gasteiger partial charge < -0.3 is 30.1 Å². The monoisotopic (exact) mass is 603 g/mol. The number of fused-ring (bicyclic) bond motifs is 1. The summed E-state index contributed by atoms with van der Waals surface area (Å²) in [4.78, 5) is 27.2. The summed E-state index contributed by atoms with van der Waals surface area (Å²) in [6.07, 6.45) is 3.95. The number of nitrogens with one attached hydrogen (secondary N) is 4. The molecular weight excluding hydrogens is 566 g/mol. The van der Waals surface area contributed by atoms with Crippen molar-refractivity contribution >= 4 is 56.6 Å². The summed E-state index contributed by atoms with van der Waals surface area (Å²) in [5, 5.41) is 9.78. The highest BCUT2D eigenvalue weighted by molar-refractivity contribution is 7.85. The van der Waals surface area contributed by atoms with Gasteiger partial charge in [0.25, 0.3) is 5.91 Å². The summed E-state index contributed by atoms with van der Waals surface area (Å²) >= 11 is 0. The van der Waals surface area contributed by atoms with E-state index in [2.05, 4.69) is 51.4 Å². The van der Waals surface area contributed by atoms with Crippen LogP contribution in [0.2, 0.25) is 0 Å². The third-order valence-electron chi connectivity index (χ3n) is 7.18. The Labute approximate surface area is 253 Å². The number of ether oxygens (including phenoxy) is 2. The highest BCUT2D eigenvalue weighted by Gasteiger charge is 2.22. The van der Waals surface area contributed by atoms with E-state index in [-0.39, 0.29) is 17.4 Å². The number of hydrogen-bond acceptors (Lipinski definition) is 9. The second kappa shape index (κ2) is 12.5. The lowest BCUT2D eigenvalue weighted by Crippen LogP contribution is -2.19. The largest absolute Gasteiger partial charge is 0.492 e. The van der Waals surface area contributed by atoms with E-state index in [9.17, 15) is 9.00 Å². The van der Waals surface area contributed by atoms with Gasteiger partial charge in [-0.2, -0.15) is 0 Å². The maximum atomic E-state index is 13.6. The lowest BCUT2D eigenvalue weighted by molar-refractivity contribution is 0.102. The molecule has 0 aliphatic carbocycles. The second-order valence-corrected chi connectivity index (χ2v) is 12.6. The Kier molecular flexibility index (Phi) is 8.79.